The Kier molecular flexibility index (Phi) is 7.59. The highest BCUT2D eigenvalue weighted by Gasteiger charge is 2.30. The molecule has 0 N–H and O–H groups in total. The third-order valence-electron chi connectivity index (χ3n) is 5.79. The molecule has 4 rings (SSSR count). The second-order valence-corrected chi connectivity index (χ2v) is 11.1. The average Bonchev–Trinajstić information content (AvgIpc) is 3.20. The molecule has 0 spiro atoms. The molecule has 0 radical (unpaired) electrons. The van der Waals surface area contributed by atoms with Gasteiger partial charge < -0.3 is 14.2 Å². The highest BCUT2D eigenvalue weighted by atomic mass is 32.2. The van der Waals surface area contributed by atoms with Crippen LogP contribution in [0.2, 0.25) is 0 Å². The van der Waals surface area contributed by atoms with E-state index in [4.69, 9.17) is 11.2 Å². The summed E-state index contributed by atoms with van der Waals surface area (Å²) in [4.78, 5) is 31.1. The Hall–Kier alpha value is -3.46. The fourth-order valence-electron chi connectivity index (χ4n) is 3.91. The zero-order valence-corrected chi connectivity index (χ0v) is 21.6. The number of nitrogens with zero attached hydrogens (tertiary/aromatic N) is 4. The zero-order chi connectivity index (χ0) is 25.9. The molecule has 1 aromatic heterocycles. The Bertz CT molecular complexity index is 1510. The number of rotatable bonds is 5. The number of carbonyl (C=O) groups excluding carboxylic acids is 2. The van der Waals surface area contributed by atoms with Crippen LogP contribution in [-0.2, 0) is 21.3 Å². The van der Waals surface area contributed by atoms with E-state index < -0.39 is 22.0 Å². The molecule has 1 aliphatic rings. The number of fused-ring (bicyclic) bond motifs is 1. The molecule has 11 heteroatoms. The number of hydrogen-bond acceptors (Lipinski definition) is 6. The molecule has 0 bridgehead atoms. The van der Waals surface area contributed by atoms with Crippen LogP contribution in [-0.4, -0.2) is 67.0 Å². The van der Waals surface area contributed by atoms with Crippen molar-refractivity contribution in [2.75, 3.05) is 32.8 Å². The fourth-order valence-corrected chi connectivity index (χ4v) is 6.45. The van der Waals surface area contributed by atoms with Crippen LogP contribution < -0.4 is 4.80 Å². The highest BCUT2D eigenvalue weighted by Crippen LogP contribution is 2.21. The van der Waals surface area contributed by atoms with E-state index in [2.05, 4.69) is 10.9 Å². The van der Waals surface area contributed by atoms with Gasteiger partial charge >= 0.3 is 6.09 Å². The first-order chi connectivity index (χ1) is 17.2. The van der Waals surface area contributed by atoms with E-state index in [9.17, 15) is 18.0 Å². The van der Waals surface area contributed by atoms with E-state index in [1.807, 2.05) is 29.7 Å². The summed E-state index contributed by atoms with van der Waals surface area (Å²) in [6.45, 7) is 5.08. The normalized spacial score (nSPS) is 15.1. The molecule has 0 aliphatic carbocycles. The summed E-state index contributed by atoms with van der Waals surface area (Å²) in [5.41, 5.74) is 2.26. The fraction of sp³-hybridized carbons (Fsp3) is 0.320. The van der Waals surface area contributed by atoms with Crippen LogP contribution in [0, 0.1) is 19.3 Å². The van der Waals surface area contributed by atoms with Crippen LogP contribution in [0.4, 0.5) is 4.79 Å². The van der Waals surface area contributed by atoms with E-state index in [1.54, 1.807) is 6.92 Å². The Morgan fingerprint density at radius 1 is 1.11 bits per heavy atom. The molecule has 1 fully saturated rings. The van der Waals surface area contributed by atoms with Gasteiger partial charge in [-0.05, 0) is 55.8 Å². The molecule has 1 aliphatic heterocycles. The smallest absolute Gasteiger partial charge is 0.409 e. The van der Waals surface area contributed by atoms with Crippen molar-refractivity contribution < 1.29 is 22.7 Å². The van der Waals surface area contributed by atoms with E-state index in [-0.39, 0.29) is 49.8 Å². The van der Waals surface area contributed by atoms with Crippen LogP contribution in [0.5, 0.6) is 0 Å². The number of aryl methyl sites for hydroxylation is 1. The third-order valence-corrected chi connectivity index (χ3v) is 8.74. The molecule has 188 valence electrons. The number of carbonyl (C=O) groups is 2. The molecule has 36 heavy (non-hydrogen) atoms. The van der Waals surface area contributed by atoms with Crippen LogP contribution in [0.25, 0.3) is 10.2 Å². The maximum Gasteiger partial charge on any atom is 0.409 e. The van der Waals surface area contributed by atoms with Gasteiger partial charge in [0, 0.05) is 31.7 Å². The summed E-state index contributed by atoms with van der Waals surface area (Å²) in [6.07, 6.45) is 5.08. The first-order valence-corrected chi connectivity index (χ1v) is 13.6. The minimum absolute atomic E-state index is 0.0726. The maximum atomic E-state index is 13.1. The van der Waals surface area contributed by atoms with E-state index >= 15 is 0 Å². The van der Waals surface area contributed by atoms with Crippen molar-refractivity contribution in [3.05, 3.63) is 58.4 Å². The summed E-state index contributed by atoms with van der Waals surface area (Å²) in [5, 5.41) is 0. The molecule has 0 unspecified atom stereocenters. The zero-order valence-electron chi connectivity index (χ0n) is 20.0. The number of thiazole rings is 1. The first kappa shape index (κ1) is 25.6. The SMILES string of the molecule is C#CCn1c(=NC(=O)c2ccc(S(=O)(=O)N3CCN(C(=O)OCC)CC3)cc2)sc2cc(C)ccc21. The monoisotopic (exact) mass is 526 g/mol. The van der Waals surface area contributed by atoms with Gasteiger partial charge in [-0.2, -0.15) is 9.30 Å². The molecular weight excluding hydrogens is 500 g/mol. The second-order valence-electron chi connectivity index (χ2n) is 8.18. The number of sulfonamides is 1. The lowest BCUT2D eigenvalue weighted by Gasteiger charge is -2.33. The van der Waals surface area contributed by atoms with E-state index in [0.29, 0.717) is 4.80 Å². The summed E-state index contributed by atoms with van der Waals surface area (Å²) in [6, 6.07) is 11.7. The largest absolute Gasteiger partial charge is 0.450 e. The Morgan fingerprint density at radius 3 is 2.44 bits per heavy atom. The van der Waals surface area contributed by atoms with Gasteiger partial charge in [0.25, 0.3) is 5.91 Å². The number of piperazine rings is 1. The lowest BCUT2D eigenvalue weighted by Crippen LogP contribution is -2.50. The van der Waals surface area contributed by atoms with E-state index in [1.165, 1.54) is 44.8 Å². The molecule has 0 atom stereocenters. The molecule has 2 aromatic carbocycles. The molecule has 2 heterocycles. The summed E-state index contributed by atoms with van der Waals surface area (Å²) < 4.78 is 35.2. The van der Waals surface area contributed by atoms with Gasteiger partial charge in [0.1, 0.15) is 0 Å². The van der Waals surface area contributed by atoms with Gasteiger partial charge in [-0.15, -0.1) is 6.42 Å². The Labute approximate surface area is 213 Å². The Morgan fingerprint density at radius 2 is 1.81 bits per heavy atom. The number of aromatic nitrogens is 1. The Balaban J connectivity index is 1.53. The number of hydrogen-bond donors (Lipinski definition) is 0. The van der Waals surface area contributed by atoms with Crippen molar-refractivity contribution in [3.8, 4) is 12.3 Å². The molecule has 3 aromatic rings. The standard InChI is InChI=1S/C25H26N4O5S2/c1-4-12-29-21-11-6-18(3)17-22(21)35-24(29)26-23(30)19-7-9-20(10-8-19)36(32,33)28-15-13-27(14-16-28)25(31)34-5-2/h1,6-11,17H,5,12-16H2,2-3H3. The predicted molar refractivity (Wildman–Crippen MR) is 137 cm³/mol. The summed E-state index contributed by atoms with van der Waals surface area (Å²) in [7, 11) is -3.77. The summed E-state index contributed by atoms with van der Waals surface area (Å²) in [5.74, 6) is 2.11. The maximum absolute atomic E-state index is 13.1. The number of terminal acetylenes is 1. The summed E-state index contributed by atoms with van der Waals surface area (Å²) >= 11 is 1.37. The lowest BCUT2D eigenvalue weighted by molar-refractivity contribution is 0.0933. The van der Waals surface area contributed by atoms with Crippen molar-refractivity contribution in [1.82, 2.24) is 13.8 Å². The van der Waals surface area contributed by atoms with Crippen LogP contribution in [0.1, 0.15) is 22.8 Å². The second kappa shape index (κ2) is 10.7. The van der Waals surface area contributed by atoms with Gasteiger partial charge in [-0.25, -0.2) is 13.2 Å². The molecule has 1 saturated heterocycles. The van der Waals surface area contributed by atoms with Crippen molar-refractivity contribution in [3.63, 3.8) is 0 Å². The van der Waals surface area contributed by atoms with Gasteiger partial charge in [-0.3, -0.25) is 4.79 Å². The van der Waals surface area contributed by atoms with Crippen LogP contribution in [0.15, 0.2) is 52.4 Å². The van der Waals surface area contributed by atoms with Gasteiger partial charge in [-0.1, -0.05) is 23.3 Å². The van der Waals surface area contributed by atoms with Crippen LogP contribution in [0.3, 0.4) is 0 Å². The van der Waals surface area contributed by atoms with Crippen molar-refractivity contribution in [2.45, 2.75) is 25.3 Å². The number of ether oxygens (including phenoxy) is 1. The van der Waals surface area contributed by atoms with Crippen molar-refractivity contribution >= 4 is 43.6 Å². The van der Waals surface area contributed by atoms with Gasteiger partial charge in [0.05, 0.1) is 28.3 Å². The third kappa shape index (κ3) is 5.21. The van der Waals surface area contributed by atoms with Crippen molar-refractivity contribution in [1.29, 1.82) is 0 Å². The molecular formula is C25H26N4O5S2. The predicted octanol–water partition coefficient (Wildman–Crippen LogP) is 2.85. The highest BCUT2D eigenvalue weighted by molar-refractivity contribution is 7.89. The van der Waals surface area contributed by atoms with Crippen molar-refractivity contribution in [2.24, 2.45) is 4.99 Å². The quantitative estimate of drug-likeness (QED) is 0.476. The minimum atomic E-state index is -3.77. The number of amides is 2. The van der Waals surface area contributed by atoms with Crippen LogP contribution >= 0.6 is 11.3 Å². The molecule has 2 amide bonds. The first-order valence-electron chi connectivity index (χ1n) is 11.4. The van der Waals surface area contributed by atoms with E-state index in [0.717, 1.165) is 15.8 Å². The topological polar surface area (TPSA) is 101 Å². The lowest BCUT2D eigenvalue weighted by atomic mass is 10.2. The average molecular weight is 527 g/mol. The minimum Gasteiger partial charge on any atom is -0.450 e. The van der Waals surface area contributed by atoms with Gasteiger partial charge in [0.15, 0.2) is 4.80 Å². The molecule has 0 saturated carbocycles. The molecule has 9 nitrogen and oxygen atoms in total. The van der Waals surface area contributed by atoms with Gasteiger partial charge in [0.2, 0.25) is 10.0 Å². The number of benzene rings is 2.